The highest BCUT2D eigenvalue weighted by atomic mass is 79.9. The third-order valence-electron chi connectivity index (χ3n) is 3.43. The summed E-state index contributed by atoms with van der Waals surface area (Å²) in [6.45, 7) is 5.60. The van der Waals surface area contributed by atoms with Crippen molar-refractivity contribution in [1.29, 1.82) is 0 Å². The van der Waals surface area contributed by atoms with Gasteiger partial charge in [-0.15, -0.1) is 0 Å². The first kappa shape index (κ1) is 15.7. The van der Waals surface area contributed by atoms with Gasteiger partial charge in [0.15, 0.2) is 0 Å². The molecule has 0 aliphatic rings. The molecule has 1 amide bonds. The highest BCUT2D eigenvalue weighted by molar-refractivity contribution is 9.10. The van der Waals surface area contributed by atoms with Crippen molar-refractivity contribution in [3.05, 3.63) is 69.4 Å². The molecule has 4 heteroatoms. The van der Waals surface area contributed by atoms with Crippen molar-refractivity contribution in [3.8, 4) is 0 Å². The van der Waals surface area contributed by atoms with Gasteiger partial charge in [0, 0.05) is 10.0 Å². The van der Waals surface area contributed by atoms with Crippen LogP contribution in [0.25, 0.3) is 0 Å². The van der Waals surface area contributed by atoms with Gasteiger partial charge in [0.1, 0.15) is 5.82 Å². The third-order valence-corrected chi connectivity index (χ3v) is 3.95. The Morgan fingerprint density at radius 3 is 2.33 bits per heavy atom. The molecule has 110 valence electrons. The quantitative estimate of drug-likeness (QED) is 0.864. The Hall–Kier alpha value is -1.68. The van der Waals surface area contributed by atoms with Gasteiger partial charge in [-0.1, -0.05) is 28.1 Å². The van der Waals surface area contributed by atoms with Crippen molar-refractivity contribution in [2.45, 2.75) is 26.3 Å². The van der Waals surface area contributed by atoms with Crippen LogP contribution in [0.5, 0.6) is 0 Å². The average Bonchev–Trinajstić information content (AvgIpc) is 2.38. The van der Waals surface area contributed by atoms with Crippen molar-refractivity contribution < 1.29 is 9.18 Å². The molecule has 2 aromatic carbocycles. The maximum Gasteiger partial charge on any atom is 0.252 e. The lowest BCUT2D eigenvalue weighted by molar-refractivity contribution is 0.0911. The summed E-state index contributed by atoms with van der Waals surface area (Å²) in [7, 11) is 0. The predicted molar refractivity (Wildman–Crippen MR) is 85.8 cm³/mol. The van der Waals surface area contributed by atoms with Gasteiger partial charge in [0.25, 0.3) is 5.91 Å². The van der Waals surface area contributed by atoms with E-state index in [2.05, 4.69) is 21.2 Å². The summed E-state index contributed by atoms with van der Waals surface area (Å²) in [6.07, 6.45) is 0. The molecule has 0 atom stereocenters. The van der Waals surface area contributed by atoms with Crippen LogP contribution >= 0.6 is 15.9 Å². The van der Waals surface area contributed by atoms with Crippen LogP contribution in [-0.4, -0.2) is 5.91 Å². The summed E-state index contributed by atoms with van der Waals surface area (Å²) < 4.78 is 14.1. The molecule has 0 radical (unpaired) electrons. The van der Waals surface area contributed by atoms with E-state index in [0.29, 0.717) is 11.1 Å². The molecular weight excluding hydrogens is 333 g/mol. The minimum atomic E-state index is -0.515. The number of hydrogen-bond donors (Lipinski definition) is 1. The molecule has 21 heavy (non-hydrogen) atoms. The van der Waals surface area contributed by atoms with Crippen LogP contribution in [0.2, 0.25) is 0 Å². The number of aryl methyl sites for hydroxylation is 1. The van der Waals surface area contributed by atoms with E-state index in [4.69, 9.17) is 0 Å². The van der Waals surface area contributed by atoms with Crippen molar-refractivity contribution in [3.63, 3.8) is 0 Å². The molecule has 1 N–H and O–H groups in total. The van der Waals surface area contributed by atoms with Gasteiger partial charge in [0.05, 0.1) is 5.54 Å². The van der Waals surface area contributed by atoms with E-state index >= 15 is 0 Å². The maximum atomic E-state index is 13.1. The number of carbonyl (C=O) groups is 1. The van der Waals surface area contributed by atoms with Gasteiger partial charge in [0.2, 0.25) is 0 Å². The van der Waals surface area contributed by atoms with Gasteiger partial charge in [-0.3, -0.25) is 4.79 Å². The van der Waals surface area contributed by atoms with Crippen molar-refractivity contribution in [2.24, 2.45) is 0 Å². The zero-order valence-corrected chi connectivity index (χ0v) is 13.8. The van der Waals surface area contributed by atoms with Gasteiger partial charge in [-0.2, -0.15) is 0 Å². The lowest BCUT2D eigenvalue weighted by Crippen LogP contribution is -2.41. The minimum absolute atomic E-state index is 0.208. The first-order chi connectivity index (χ1) is 9.79. The van der Waals surface area contributed by atoms with Crippen LogP contribution in [0.4, 0.5) is 4.39 Å². The monoisotopic (exact) mass is 349 g/mol. The normalized spacial score (nSPS) is 11.3. The molecule has 0 heterocycles. The number of amides is 1. The molecular formula is C17H17BrFNO. The highest BCUT2D eigenvalue weighted by Crippen LogP contribution is 2.23. The molecule has 0 unspecified atom stereocenters. The fourth-order valence-electron chi connectivity index (χ4n) is 2.17. The van der Waals surface area contributed by atoms with Crippen molar-refractivity contribution >= 4 is 21.8 Å². The number of benzene rings is 2. The topological polar surface area (TPSA) is 29.1 Å². The van der Waals surface area contributed by atoms with Gasteiger partial charge in [-0.05, 0) is 62.2 Å². The van der Waals surface area contributed by atoms with Crippen LogP contribution in [0.3, 0.4) is 0 Å². The minimum Gasteiger partial charge on any atom is -0.343 e. The molecule has 2 rings (SSSR count). The van der Waals surface area contributed by atoms with E-state index < -0.39 is 5.54 Å². The molecule has 2 aromatic rings. The highest BCUT2D eigenvalue weighted by Gasteiger charge is 2.24. The summed E-state index contributed by atoms with van der Waals surface area (Å²) in [5, 5.41) is 2.99. The summed E-state index contributed by atoms with van der Waals surface area (Å²) in [5.74, 6) is -0.545. The zero-order chi connectivity index (χ0) is 15.6. The first-order valence-corrected chi connectivity index (χ1v) is 7.43. The first-order valence-electron chi connectivity index (χ1n) is 6.64. The Bertz CT molecular complexity index is 665. The second-order valence-electron chi connectivity index (χ2n) is 5.55. The Morgan fingerprint density at radius 1 is 1.14 bits per heavy atom. The third kappa shape index (κ3) is 3.70. The lowest BCUT2D eigenvalue weighted by atomic mass is 9.93. The molecule has 0 bridgehead atoms. The number of carbonyl (C=O) groups excluding carboxylic acids is 1. The Morgan fingerprint density at radius 2 is 1.76 bits per heavy atom. The Balaban J connectivity index is 2.23. The smallest absolute Gasteiger partial charge is 0.252 e. The van der Waals surface area contributed by atoms with Crippen LogP contribution in [0, 0.1) is 12.7 Å². The second-order valence-corrected chi connectivity index (χ2v) is 6.46. The molecule has 0 saturated carbocycles. The second kappa shape index (κ2) is 5.98. The molecule has 2 nitrogen and oxygen atoms in total. The predicted octanol–water partition coefficient (Wildman–Crippen LogP) is 4.56. The van der Waals surface area contributed by atoms with Crippen LogP contribution < -0.4 is 5.32 Å². The van der Waals surface area contributed by atoms with Gasteiger partial charge >= 0.3 is 0 Å². The largest absolute Gasteiger partial charge is 0.343 e. The number of hydrogen-bond acceptors (Lipinski definition) is 1. The summed E-state index contributed by atoms with van der Waals surface area (Å²) in [6, 6.07) is 12.0. The van der Waals surface area contributed by atoms with E-state index in [1.54, 1.807) is 6.92 Å². The van der Waals surface area contributed by atoms with E-state index in [1.165, 1.54) is 18.2 Å². The lowest BCUT2D eigenvalue weighted by Gasteiger charge is -2.27. The SMILES string of the molecule is Cc1cc(F)ccc1C(=O)NC(C)(C)c1ccc(Br)cc1. The number of rotatable bonds is 3. The molecule has 0 spiro atoms. The van der Waals surface area contributed by atoms with Gasteiger partial charge < -0.3 is 5.32 Å². The van der Waals surface area contributed by atoms with E-state index in [1.807, 2.05) is 38.1 Å². The van der Waals surface area contributed by atoms with Crippen LogP contribution in [0.15, 0.2) is 46.9 Å². The summed E-state index contributed by atoms with van der Waals surface area (Å²) >= 11 is 3.39. The summed E-state index contributed by atoms with van der Waals surface area (Å²) in [5.41, 5.74) is 1.60. The van der Waals surface area contributed by atoms with Gasteiger partial charge in [-0.25, -0.2) is 4.39 Å². The number of nitrogens with one attached hydrogen (secondary N) is 1. The molecule has 0 saturated heterocycles. The average molecular weight is 350 g/mol. The van der Waals surface area contributed by atoms with Crippen LogP contribution in [0.1, 0.15) is 35.3 Å². The van der Waals surface area contributed by atoms with Crippen molar-refractivity contribution in [1.82, 2.24) is 5.32 Å². The van der Waals surface area contributed by atoms with E-state index in [-0.39, 0.29) is 11.7 Å². The fraction of sp³-hybridized carbons (Fsp3) is 0.235. The molecule has 0 aromatic heterocycles. The zero-order valence-electron chi connectivity index (χ0n) is 12.2. The molecule has 0 aliphatic carbocycles. The van der Waals surface area contributed by atoms with E-state index in [9.17, 15) is 9.18 Å². The van der Waals surface area contributed by atoms with Crippen LogP contribution in [-0.2, 0) is 5.54 Å². The fourth-order valence-corrected chi connectivity index (χ4v) is 2.44. The van der Waals surface area contributed by atoms with E-state index in [0.717, 1.165) is 10.0 Å². The standard InChI is InChI=1S/C17H17BrFNO/c1-11-10-14(19)8-9-15(11)16(21)20-17(2,3)12-4-6-13(18)7-5-12/h4-10H,1-3H3,(H,20,21). The molecule has 0 fully saturated rings. The maximum absolute atomic E-state index is 13.1. The Kier molecular flexibility index (Phi) is 4.47. The molecule has 0 aliphatic heterocycles. The van der Waals surface area contributed by atoms with Crippen molar-refractivity contribution in [2.75, 3.05) is 0 Å². The Labute approximate surface area is 132 Å². The summed E-state index contributed by atoms with van der Waals surface area (Å²) in [4.78, 5) is 12.4. The number of halogens is 2.